The number of nitrogens with zero attached hydrogens (tertiary/aromatic N) is 1. The number of β-lactam (4-membered cyclic amide) rings is 1. The summed E-state index contributed by atoms with van der Waals surface area (Å²) in [6, 6.07) is 3.12. The van der Waals surface area contributed by atoms with Crippen LogP contribution in [0.2, 0.25) is 0 Å². The van der Waals surface area contributed by atoms with Crippen LogP contribution in [0.4, 0.5) is 0 Å². The second-order valence-electron chi connectivity index (χ2n) is 8.42. The predicted molar refractivity (Wildman–Crippen MR) is 115 cm³/mol. The topological polar surface area (TPSA) is 146 Å². The van der Waals surface area contributed by atoms with Crippen LogP contribution in [0, 0.1) is 0 Å². The molecule has 3 N–H and O–H groups in total. The molecule has 11 nitrogen and oxygen atoms in total. The van der Waals surface area contributed by atoms with Crippen molar-refractivity contribution in [2.24, 2.45) is 5.73 Å². The van der Waals surface area contributed by atoms with Crippen molar-refractivity contribution in [3.05, 3.63) is 23.8 Å². The number of aryl methyl sites for hydroxylation is 1. The molecule has 3 aliphatic heterocycles. The van der Waals surface area contributed by atoms with Gasteiger partial charge < -0.3 is 34.9 Å². The van der Waals surface area contributed by atoms with E-state index in [0.717, 1.165) is 5.56 Å². The lowest BCUT2D eigenvalue weighted by Crippen LogP contribution is -2.71. The van der Waals surface area contributed by atoms with Gasteiger partial charge in [0.05, 0.1) is 6.04 Å². The molecule has 178 valence electrons. The van der Waals surface area contributed by atoms with Gasteiger partial charge in [0.15, 0.2) is 11.5 Å². The summed E-state index contributed by atoms with van der Waals surface area (Å²) in [5, 5.41) is 2.31. The summed E-state index contributed by atoms with van der Waals surface area (Å²) < 4.78 is 19.3. The number of carbonyl (C=O) groups is 4. The van der Waals surface area contributed by atoms with Crippen molar-refractivity contribution in [3.8, 4) is 11.5 Å². The summed E-state index contributed by atoms with van der Waals surface area (Å²) in [5.41, 5.74) is 7.03. The number of benzene rings is 1. The van der Waals surface area contributed by atoms with Gasteiger partial charge >= 0.3 is 5.97 Å². The van der Waals surface area contributed by atoms with Crippen LogP contribution in [0.5, 0.6) is 11.5 Å². The molecular formula is C21H25N3O8S. The van der Waals surface area contributed by atoms with Gasteiger partial charge in [-0.15, -0.1) is 11.8 Å². The molecule has 33 heavy (non-hydrogen) atoms. The Balaban J connectivity index is 1.31. The number of hydrogen-bond acceptors (Lipinski definition) is 10. The molecule has 0 aliphatic carbocycles. The van der Waals surface area contributed by atoms with E-state index in [4.69, 9.17) is 19.9 Å². The molecule has 2 saturated heterocycles. The Labute approximate surface area is 194 Å². The third kappa shape index (κ3) is 4.44. The molecule has 0 spiro atoms. The average Bonchev–Trinajstić information content (AvgIpc) is 3.35. The Morgan fingerprint density at radius 1 is 1.36 bits per heavy atom. The minimum Gasteiger partial charge on any atom is -0.454 e. The van der Waals surface area contributed by atoms with Crippen LogP contribution in [0.3, 0.4) is 0 Å². The number of thioether (sulfide) groups is 1. The number of carbonyl (C=O) groups excluding carboxylic acids is 4. The summed E-state index contributed by atoms with van der Waals surface area (Å²) in [7, 11) is 0. The lowest BCUT2D eigenvalue weighted by Gasteiger charge is -2.44. The van der Waals surface area contributed by atoms with E-state index in [1.54, 1.807) is 0 Å². The van der Waals surface area contributed by atoms with Crippen molar-refractivity contribution >= 4 is 36.0 Å². The number of nitrogens with two attached hydrogens (primary N) is 1. The van der Waals surface area contributed by atoms with Crippen molar-refractivity contribution in [3.63, 3.8) is 0 Å². The highest BCUT2D eigenvalue weighted by molar-refractivity contribution is 8.01. The van der Waals surface area contributed by atoms with Crippen LogP contribution >= 0.6 is 11.8 Å². The molecule has 0 aromatic heterocycles. The minimum atomic E-state index is -0.858. The highest BCUT2D eigenvalue weighted by Gasteiger charge is 2.64. The first-order chi connectivity index (χ1) is 15.7. The molecule has 0 radical (unpaired) electrons. The quantitative estimate of drug-likeness (QED) is 0.162. The summed E-state index contributed by atoms with van der Waals surface area (Å²) in [5.74, 6) is -0.137. The highest BCUT2D eigenvalue weighted by Crippen LogP contribution is 2.51. The monoisotopic (exact) mass is 479 g/mol. The van der Waals surface area contributed by atoms with Crippen LogP contribution < -0.4 is 20.5 Å². The van der Waals surface area contributed by atoms with E-state index in [-0.39, 0.29) is 19.2 Å². The normalized spacial score (nSPS) is 25.0. The zero-order valence-electron chi connectivity index (χ0n) is 18.1. The first kappa shape index (κ1) is 23.2. The number of nitrogens with one attached hydrogen (secondary N) is 1. The number of fused-ring (bicyclic) bond motifs is 2. The molecule has 2 fully saturated rings. The van der Waals surface area contributed by atoms with Crippen molar-refractivity contribution < 1.29 is 38.1 Å². The number of rotatable bonds is 9. The van der Waals surface area contributed by atoms with Crippen molar-refractivity contribution in [2.45, 2.75) is 54.9 Å². The zero-order valence-corrected chi connectivity index (χ0v) is 19.0. The van der Waals surface area contributed by atoms with Crippen LogP contribution in [-0.2, 0) is 35.1 Å². The average molecular weight is 480 g/mol. The SMILES string of the molecule is CC1(C)S[C@@H]2[C@H](NC(=O)C(N)CCc3ccc4c(c3)OCO4)C(=O)N2[C@H]1C(=O)OCOC=O. The second-order valence-corrected chi connectivity index (χ2v) is 10.2. The Morgan fingerprint density at radius 3 is 2.88 bits per heavy atom. The van der Waals surface area contributed by atoms with E-state index in [2.05, 4.69) is 10.1 Å². The van der Waals surface area contributed by atoms with Gasteiger partial charge in [-0.05, 0) is 44.4 Å². The van der Waals surface area contributed by atoms with E-state index in [1.807, 2.05) is 32.0 Å². The first-order valence-electron chi connectivity index (χ1n) is 10.4. The fourth-order valence-corrected chi connectivity index (χ4v) is 5.76. The van der Waals surface area contributed by atoms with Crippen LogP contribution in [-0.4, -0.2) is 71.0 Å². The molecule has 4 atom stereocenters. The summed E-state index contributed by atoms with van der Waals surface area (Å²) in [4.78, 5) is 49.5. The van der Waals surface area contributed by atoms with Gasteiger partial charge in [-0.3, -0.25) is 14.4 Å². The highest BCUT2D eigenvalue weighted by atomic mass is 32.2. The van der Waals surface area contributed by atoms with Gasteiger partial charge in [0, 0.05) is 4.75 Å². The first-order valence-corrected chi connectivity index (χ1v) is 11.3. The number of ether oxygens (including phenoxy) is 4. The third-order valence-corrected chi connectivity index (χ3v) is 7.39. The minimum absolute atomic E-state index is 0.167. The molecule has 0 saturated carbocycles. The van der Waals surface area contributed by atoms with Crippen LogP contribution in [0.15, 0.2) is 18.2 Å². The Kier molecular flexibility index (Phi) is 6.39. The molecule has 2 amide bonds. The number of esters is 1. The van der Waals surface area contributed by atoms with E-state index >= 15 is 0 Å². The fraction of sp³-hybridized carbons (Fsp3) is 0.524. The summed E-state index contributed by atoms with van der Waals surface area (Å²) >= 11 is 1.39. The fourth-order valence-electron chi connectivity index (χ4n) is 4.14. The van der Waals surface area contributed by atoms with Gasteiger partial charge in [-0.2, -0.15) is 0 Å². The van der Waals surface area contributed by atoms with E-state index in [0.29, 0.717) is 24.3 Å². The van der Waals surface area contributed by atoms with Gasteiger partial charge in [0.25, 0.3) is 6.47 Å². The predicted octanol–water partition coefficient (Wildman–Crippen LogP) is -0.104. The molecule has 1 aromatic carbocycles. The van der Waals surface area contributed by atoms with E-state index in [9.17, 15) is 19.2 Å². The van der Waals surface area contributed by atoms with Crippen molar-refractivity contribution in [2.75, 3.05) is 13.6 Å². The van der Waals surface area contributed by atoms with E-state index < -0.39 is 46.9 Å². The molecule has 3 heterocycles. The zero-order chi connectivity index (χ0) is 23.8. The lowest BCUT2D eigenvalue weighted by molar-refractivity contribution is -0.173. The lowest BCUT2D eigenvalue weighted by atomic mass is 9.95. The molecule has 1 unspecified atom stereocenters. The largest absolute Gasteiger partial charge is 0.454 e. The maximum absolute atomic E-state index is 12.8. The van der Waals surface area contributed by atoms with Crippen LogP contribution in [0.25, 0.3) is 0 Å². The molecule has 3 aliphatic rings. The molecule has 0 bridgehead atoms. The third-order valence-electron chi connectivity index (χ3n) is 5.82. The summed E-state index contributed by atoms with van der Waals surface area (Å²) in [6.45, 7) is 3.46. The molecule has 1 aromatic rings. The standard InChI is InChI=1S/C21H25N3O8S/c1-21(2)16(20(28)32-9-29-8-25)24-18(27)15(19(24)33-21)23-17(26)12(22)5-3-11-4-6-13-14(7-11)31-10-30-13/h4,6-8,12,15-16,19H,3,5,9-10,22H2,1-2H3,(H,23,26)/t12?,15-,16+,19-/m1/s1. The number of amides is 2. The Morgan fingerprint density at radius 2 is 2.12 bits per heavy atom. The molecular weight excluding hydrogens is 454 g/mol. The Bertz CT molecular complexity index is 971. The van der Waals surface area contributed by atoms with Gasteiger partial charge in [-0.1, -0.05) is 6.07 Å². The van der Waals surface area contributed by atoms with Crippen molar-refractivity contribution in [1.29, 1.82) is 0 Å². The van der Waals surface area contributed by atoms with Gasteiger partial charge in [0.2, 0.25) is 25.4 Å². The van der Waals surface area contributed by atoms with Crippen molar-refractivity contribution in [1.82, 2.24) is 10.2 Å². The van der Waals surface area contributed by atoms with Crippen LogP contribution in [0.1, 0.15) is 25.8 Å². The Hall–Kier alpha value is -2.99. The smallest absolute Gasteiger partial charge is 0.333 e. The van der Waals surface area contributed by atoms with Gasteiger partial charge in [0.1, 0.15) is 17.5 Å². The molecule has 4 rings (SSSR count). The maximum Gasteiger partial charge on any atom is 0.333 e. The second kappa shape index (κ2) is 9.10. The number of hydrogen-bond donors (Lipinski definition) is 2. The van der Waals surface area contributed by atoms with Gasteiger partial charge in [-0.25, -0.2) is 4.79 Å². The van der Waals surface area contributed by atoms with E-state index in [1.165, 1.54) is 16.7 Å². The summed E-state index contributed by atoms with van der Waals surface area (Å²) in [6.07, 6.45) is 0.934. The maximum atomic E-state index is 12.8. The molecule has 12 heteroatoms.